The normalized spacial score (nSPS) is 11.1. The zero-order chi connectivity index (χ0) is 15.6. The number of nitrogens with two attached hydrogens (primary N) is 1. The van der Waals surface area contributed by atoms with Gasteiger partial charge in [0, 0.05) is 5.56 Å². The molecule has 0 fully saturated rings. The molecule has 0 aliphatic rings. The number of amides is 1. The molecule has 0 aliphatic carbocycles. The van der Waals surface area contributed by atoms with E-state index in [0.29, 0.717) is 0 Å². The maximum absolute atomic E-state index is 12.1. The second-order valence-electron chi connectivity index (χ2n) is 4.16. The molecular formula is C13H11ClN2O4S. The van der Waals surface area contributed by atoms with E-state index in [4.69, 9.17) is 16.7 Å². The molecule has 0 atom stereocenters. The Morgan fingerprint density at radius 1 is 1.19 bits per heavy atom. The van der Waals surface area contributed by atoms with Gasteiger partial charge in [-0.1, -0.05) is 23.7 Å². The van der Waals surface area contributed by atoms with Crippen molar-refractivity contribution in [3.05, 3.63) is 53.1 Å². The van der Waals surface area contributed by atoms with Gasteiger partial charge < -0.3 is 10.4 Å². The fraction of sp³-hybridized carbons (Fsp3) is 0. The highest BCUT2D eigenvalue weighted by atomic mass is 35.5. The molecule has 2 rings (SSSR count). The van der Waals surface area contributed by atoms with Crippen molar-refractivity contribution in [1.29, 1.82) is 0 Å². The van der Waals surface area contributed by atoms with Crippen LogP contribution in [0.5, 0.6) is 5.75 Å². The molecule has 110 valence electrons. The first kappa shape index (κ1) is 15.3. The van der Waals surface area contributed by atoms with Gasteiger partial charge in [-0.15, -0.1) is 0 Å². The van der Waals surface area contributed by atoms with E-state index < -0.39 is 15.9 Å². The van der Waals surface area contributed by atoms with Crippen LogP contribution in [0.2, 0.25) is 5.02 Å². The predicted octanol–water partition coefficient (Wildman–Crippen LogP) is 1.95. The van der Waals surface area contributed by atoms with Gasteiger partial charge in [0.1, 0.15) is 10.6 Å². The summed E-state index contributed by atoms with van der Waals surface area (Å²) >= 11 is 5.72. The van der Waals surface area contributed by atoms with Crippen molar-refractivity contribution in [2.75, 3.05) is 5.32 Å². The summed E-state index contributed by atoms with van der Waals surface area (Å²) in [6.45, 7) is 0. The maximum atomic E-state index is 12.1. The van der Waals surface area contributed by atoms with Gasteiger partial charge in [0.2, 0.25) is 10.0 Å². The Morgan fingerprint density at radius 2 is 1.86 bits per heavy atom. The van der Waals surface area contributed by atoms with Crippen LogP contribution in [0.4, 0.5) is 5.69 Å². The quantitative estimate of drug-likeness (QED) is 0.800. The lowest BCUT2D eigenvalue weighted by Crippen LogP contribution is -2.18. The molecule has 0 aromatic heterocycles. The molecule has 1 amide bonds. The predicted molar refractivity (Wildman–Crippen MR) is 78.9 cm³/mol. The third kappa shape index (κ3) is 3.52. The lowest BCUT2D eigenvalue weighted by molar-refractivity contribution is 0.102. The number of primary sulfonamides is 1. The van der Waals surface area contributed by atoms with Gasteiger partial charge in [0.25, 0.3) is 5.91 Å². The zero-order valence-electron chi connectivity index (χ0n) is 10.6. The highest BCUT2D eigenvalue weighted by Gasteiger charge is 2.16. The van der Waals surface area contributed by atoms with Gasteiger partial charge in [-0.2, -0.15) is 0 Å². The number of halogens is 1. The number of aromatic hydroxyl groups is 1. The van der Waals surface area contributed by atoms with Crippen LogP contribution in [0.3, 0.4) is 0 Å². The first-order chi connectivity index (χ1) is 9.79. The Hall–Kier alpha value is -2.09. The largest absolute Gasteiger partial charge is 0.506 e. The van der Waals surface area contributed by atoms with Gasteiger partial charge in [-0.05, 0) is 30.3 Å². The lowest BCUT2D eigenvalue weighted by atomic mass is 10.2. The average Bonchev–Trinajstić information content (AvgIpc) is 2.41. The molecule has 0 saturated carbocycles. The van der Waals surface area contributed by atoms with E-state index in [9.17, 15) is 18.3 Å². The molecule has 0 aliphatic heterocycles. The lowest BCUT2D eigenvalue weighted by Gasteiger charge is -2.09. The fourth-order valence-electron chi connectivity index (χ4n) is 1.66. The summed E-state index contributed by atoms with van der Waals surface area (Å²) in [4.78, 5) is 11.9. The molecule has 0 radical (unpaired) electrons. The third-order valence-electron chi connectivity index (χ3n) is 2.65. The molecule has 4 N–H and O–H groups in total. The van der Waals surface area contributed by atoms with Crippen molar-refractivity contribution in [2.45, 2.75) is 4.90 Å². The molecule has 0 saturated heterocycles. The van der Waals surface area contributed by atoms with Crippen molar-refractivity contribution >= 4 is 33.2 Å². The van der Waals surface area contributed by atoms with Gasteiger partial charge in [-0.3, -0.25) is 4.79 Å². The van der Waals surface area contributed by atoms with Crippen molar-refractivity contribution in [3.8, 4) is 5.75 Å². The van der Waals surface area contributed by atoms with Crippen LogP contribution in [0, 0.1) is 0 Å². The molecule has 2 aromatic carbocycles. The topological polar surface area (TPSA) is 109 Å². The average molecular weight is 327 g/mol. The van der Waals surface area contributed by atoms with Crippen LogP contribution in [0.25, 0.3) is 0 Å². The van der Waals surface area contributed by atoms with Crippen LogP contribution in [-0.2, 0) is 10.0 Å². The van der Waals surface area contributed by atoms with E-state index in [1.54, 1.807) is 6.07 Å². The summed E-state index contributed by atoms with van der Waals surface area (Å²) < 4.78 is 22.9. The number of carbonyl (C=O) groups is 1. The summed E-state index contributed by atoms with van der Waals surface area (Å²) in [6.07, 6.45) is 0. The first-order valence-electron chi connectivity index (χ1n) is 5.71. The zero-order valence-corrected chi connectivity index (χ0v) is 12.1. The molecule has 8 heteroatoms. The van der Waals surface area contributed by atoms with Crippen LogP contribution in [0.1, 0.15) is 10.4 Å². The molecular weight excluding hydrogens is 316 g/mol. The van der Waals surface area contributed by atoms with Crippen molar-refractivity contribution in [1.82, 2.24) is 0 Å². The summed E-state index contributed by atoms with van der Waals surface area (Å²) in [5.74, 6) is -0.730. The summed E-state index contributed by atoms with van der Waals surface area (Å²) in [6, 6.07) is 9.65. The molecule has 0 unspecified atom stereocenters. The number of nitrogens with one attached hydrogen (secondary N) is 1. The van der Waals surface area contributed by atoms with Gasteiger partial charge in [0.15, 0.2) is 0 Å². The summed E-state index contributed by atoms with van der Waals surface area (Å²) in [5.41, 5.74) is 0.233. The molecule has 0 heterocycles. The Labute approximate surface area is 126 Å². The second kappa shape index (κ2) is 5.72. The van der Waals surface area contributed by atoms with E-state index in [1.807, 2.05) is 0 Å². The standard InChI is InChI=1S/C13H11ClN2O4S/c14-9-7-8(5-6-11(9)17)13(18)16-10-3-1-2-4-12(10)21(15,19)20/h1-7,17H,(H,16,18)(H2,15,19,20). The fourth-order valence-corrected chi connectivity index (χ4v) is 2.54. The number of benzene rings is 2. The number of phenolic OH excluding ortho intramolecular Hbond substituents is 1. The Bertz CT molecular complexity index is 806. The third-order valence-corrected chi connectivity index (χ3v) is 3.92. The smallest absolute Gasteiger partial charge is 0.255 e. The van der Waals surface area contributed by atoms with Crippen molar-refractivity contribution in [2.24, 2.45) is 5.14 Å². The van der Waals surface area contributed by atoms with Gasteiger partial charge in [0.05, 0.1) is 10.7 Å². The minimum Gasteiger partial charge on any atom is -0.506 e. The Balaban J connectivity index is 2.34. The number of anilines is 1. The molecule has 0 bridgehead atoms. The van der Waals surface area contributed by atoms with Crippen LogP contribution < -0.4 is 10.5 Å². The number of rotatable bonds is 3. The number of phenols is 1. The van der Waals surface area contributed by atoms with Crippen LogP contribution in [0.15, 0.2) is 47.4 Å². The minimum atomic E-state index is -3.96. The first-order valence-corrected chi connectivity index (χ1v) is 7.63. The van der Waals surface area contributed by atoms with E-state index in [2.05, 4.69) is 5.32 Å². The molecule has 0 spiro atoms. The van der Waals surface area contributed by atoms with Gasteiger partial charge in [-0.25, -0.2) is 13.6 Å². The van der Waals surface area contributed by atoms with E-state index >= 15 is 0 Å². The summed E-state index contributed by atoms with van der Waals surface area (Å²) in [5, 5.41) is 16.8. The molecule has 2 aromatic rings. The second-order valence-corrected chi connectivity index (χ2v) is 6.10. The number of sulfonamides is 1. The maximum Gasteiger partial charge on any atom is 0.255 e. The number of hydrogen-bond donors (Lipinski definition) is 3. The molecule has 21 heavy (non-hydrogen) atoms. The van der Waals surface area contributed by atoms with E-state index in [1.165, 1.54) is 36.4 Å². The number of carbonyl (C=O) groups excluding carboxylic acids is 1. The van der Waals surface area contributed by atoms with Crippen molar-refractivity contribution < 1.29 is 18.3 Å². The molecule has 6 nitrogen and oxygen atoms in total. The SMILES string of the molecule is NS(=O)(=O)c1ccccc1NC(=O)c1ccc(O)c(Cl)c1. The number of hydrogen-bond acceptors (Lipinski definition) is 4. The highest BCUT2D eigenvalue weighted by molar-refractivity contribution is 7.89. The highest BCUT2D eigenvalue weighted by Crippen LogP contribution is 2.25. The number of para-hydroxylation sites is 1. The minimum absolute atomic E-state index is 0.0161. The van der Waals surface area contributed by atoms with Crippen molar-refractivity contribution in [3.63, 3.8) is 0 Å². The summed E-state index contributed by atoms with van der Waals surface area (Å²) in [7, 11) is -3.96. The Morgan fingerprint density at radius 3 is 2.48 bits per heavy atom. The van der Waals surface area contributed by atoms with E-state index in [0.717, 1.165) is 0 Å². The van der Waals surface area contributed by atoms with Gasteiger partial charge >= 0.3 is 0 Å². The Kier molecular flexibility index (Phi) is 4.17. The van der Waals surface area contributed by atoms with Crippen LogP contribution in [-0.4, -0.2) is 19.4 Å². The van der Waals surface area contributed by atoms with Crippen LogP contribution >= 0.6 is 11.6 Å². The monoisotopic (exact) mass is 326 g/mol. The van der Waals surface area contributed by atoms with E-state index in [-0.39, 0.29) is 26.9 Å².